The van der Waals surface area contributed by atoms with E-state index in [0.717, 1.165) is 0 Å². The molecule has 0 saturated carbocycles. The standard InChI is InChI=1S/C9H20N/c1-5-10(4)7-6-9(2,3)8-10/h5-8H2,1-4H3/q+1. The predicted octanol–water partition coefficient (Wildman–Crippen LogP) is 1.88. The zero-order chi connectivity index (χ0) is 7.83. The van der Waals surface area contributed by atoms with Gasteiger partial charge in [-0.1, -0.05) is 13.8 Å². The van der Waals surface area contributed by atoms with Crippen molar-refractivity contribution in [3.8, 4) is 0 Å². The van der Waals surface area contributed by atoms with Gasteiger partial charge in [-0.3, -0.25) is 0 Å². The summed E-state index contributed by atoms with van der Waals surface area (Å²) < 4.78 is 1.28. The molecule has 0 aromatic heterocycles. The highest BCUT2D eigenvalue weighted by atomic mass is 15.3. The average Bonchev–Trinajstić information content (AvgIpc) is 2.08. The van der Waals surface area contributed by atoms with Crippen LogP contribution in [-0.4, -0.2) is 31.2 Å². The van der Waals surface area contributed by atoms with Gasteiger partial charge in [-0.2, -0.15) is 0 Å². The lowest BCUT2D eigenvalue weighted by atomic mass is 9.93. The monoisotopic (exact) mass is 142 g/mol. The highest BCUT2D eigenvalue weighted by Gasteiger charge is 2.38. The van der Waals surface area contributed by atoms with Crippen LogP contribution in [0.3, 0.4) is 0 Å². The van der Waals surface area contributed by atoms with Crippen molar-refractivity contribution in [1.29, 1.82) is 0 Å². The summed E-state index contributed by atoms with van der Waals surface area (Å²) >= 11 is 0. The summed E-state index contributed by atoms with van der Waals surface area (Å²) in [7, 11) is 2.37. The van der Waals surface area contributed by atoms with E-state index in [9.17, 15) is 0 Å². The molecule has 60 valence electrons. The van der Waals surface area contributed by atoms with Gasteiger partial charge in [0, 0.05) is 11.8 Å². The van der Waals surface area contributed by atoms with Gasteiger partial charge < -0.3 is 4.48 Å². The minimum atomic E-state index is 0.602. The SMILES string of the molecule is CC[N+]1(C)CCC(C)(C)C1. The third-order valence-electron chi connectivity index (χ3n) is 2.90. The van der Waals surface area contributed by atoms with E-state index >= 15 is 0 Å². The third-order valence-corrected chi connectivity index (χ3v) is 2.90. The van der Waals surface area contributed by atoms with Gasteiger partial charge in [0.15, 0.2) is 0 Å². The molecule has 1 nitrogen and oxygen atoms in total. The molecule has 1 aliphatic heterocycles. The van der Waals surface area contributed by atoms with Crippen molar-refractivity contribution in [2.24, 2.45) is 5.41 Å². The Morgan fingerprint density at radius 2 is 2.00 bits per heavy atom. The number of likely N-dealkylation sites (tertiary alicyclic amines) is 1. The van der Waals surface area contributed by atoms with Crippen molar-refractivity contribution in [1.82, 2.24) is 0 Å². The number of hydrogen-bond donors (Lipinski definition) is 0. The molecule has 0 radical (unpaired) electrons. The van der Waals surface area contributed by atoms with E-state index in [2.05, 4.69) is 27.8 Å². The van der Waals surface area contributed by atoms with E-state index in [1.807, 2.05) is 0 Å². The van der Waals surface area contributed by atoms with Crippen LogP contribution in [-0.2, 0) is 0 Å². The third kappa shape index (κ3) is 1.51. The van der Waals surface area contributed by atoms with E-state index in [-0.39, 0.29) is 0 Å². The Bertz CT molecular complexity index is 129. The minimum Gasteiger partial charge on any atom is -0.326 e. The van der Waals surface area contributed by atoms with Crippen molar-refractivity contribution >= 4 is 0 Å². The molecule has 1 heteroatoms. The summed E-state index contributed by atoms with van der Waals surface area (Å²) in [4.78, 5) is 0. The van der Waals surface area contributed by atoms with Gasteiger partial charge in [0.05, 0.1) is 26.7 Å². The van der Waals surface area contributed by atoms with Crippen LogP contribution in [0.2, 0.25) is 0 Å². The van der Waals surface area contributed by atoms with Gasteiger partial charge in [0.1, 0.15) is 0 Å². The molecule has 1 heterocycles. The summed E-state index contributed by atoms with van der Waals surface area (Å²) in [5.41, 5.74) is 0.602. The highest BCUT2D eigenvalue weighted by molar-refractivity contribution is 4.73. The summed E-state index contributed by atoms with van der Waals surface area (Å²) in [5.74, 6) is 0. The lowest BCUT2D eigenvalue weighted by molar-refractivity contribution is -0.898. The number of nitrogens with zero attached hydrogens (tertiary/aromatic N) is 1. The lowest BCUT2D eigenvalue weighted by Gasteiger charge is -2.29. The summed E-state index contributed by atoms with van der Waals surface area (Å²) in [5, 5.41) is 0. The molecule has 0 aromatic rings. The lowest BCUT2D eigenvalue weighted by Crippen LogP contribution is -2.42. The zero-order valence-corrected chi connectivity index (χ0v) is 7.78. The number of quaternary nitrogens is 1. The maximum Gasteiger partial charge on any atom is 0.0838 e. The molecular weight excluding hydrogens is 122 g/mol. The predicted molar refractivity (Wildman–Crippen MR) is 44.9 cm³/mol. The summed E-state index contributed by atoms with van der Waals surface area (Å²) in [6.07, 6.45) is 1.40. The van der Waals surface area contributed by atoms with E-state index in [1.165, 1.54) is 30.5 Å². The highest BCUT2D eigenvalue weighted by Crippen LogP contribution is 2.32. The summed E-state index contributed by atoms with van der Waals surface area (Å²) in [6.45, 7) is 11.1. The Morgan fingerprint density at radius 1 is 1.40 bits per heavy atom. The average molecular weight is 142 g/mol. The molecule has 1 aliphatic rings. The Balaban J connectivity index is 2.57. The van der Waals surface area contributed by atoms with E-state index in [0.29, 0.717) is 5.41 Å². The molecule has 1 unspecified atom stereocenters. The largest absolute Gasteiger partial charge is 0.326 e. The molecule has 0 aromatic carbocycles. The van der Waals surface area contributed by atoms with Crippen molar-refractivity contribution in [2.45, 2.75) is 27.2 Å². The molecule has 0 spiro atoms. The summed E-state index contributed by atoms with van der Waals surface area (Å²) in [6, 6.07) is 0. The smallest absolute Gasteiger partial charge is 0.0838 e. The van der Waals surface area contributed by atoms with Crippen LogP contribution in [0.1, 0.15) is 27.2 Å². The van der Waals surface area contributed by atoms with Crippen LogP contribution in [0.5, 0.6) is 0 Å². The number of hydrogen-bond acceptors (Lipinski definition) is 0. The van der Waals surface area contributed by atoms with Gasteiger partial charge in [0.25, 0.3) is 0 Å². The molecule has 10 heavy (non-hydrogen) atoms. The van der Waals surface area contributed by atoms with Crippen molar-refractivity contribution in [3.63, 3.8) is 0 Å². The molecule has 0 amide bonds. The molecule has 0 bridgehead atoms. The van der Waals surface area contributed by atoms with Crippen molar-refractivity contribution < 1.29 is 4.48 Å². The van der Waals surface area contributed by atoms with Gasteiger partial charge in [-0.25, -0.2) is 0 Å². The van der Waals surface area contributed by atoms with Crippen LogP contribution < -0.4 is 0 Å². The Morgan fingerprint density at radius 3 is 2.20 bits per heavy atom. The number of rotatable bonds is 1. The maximum atomic E-state index is 2.38. The second-order valence-electron chi connectivity index (χ2n) is 4.73. The molecule has 1 rings (SSSR count). The van der Waals surface area contributed by atoms with Crippen molar-refractivity contribution in [2.75, 3.05) is 26.7 Å². The maximum absolute atomic E-state index is 2.38. The van der Waals surface area contributed by atoms with Crippen molar-refractivity contribution in [3.05, 3.63) is 0 Å². The van der Waals surface area contributed by atoms with Crippen LogP contribution >= 0.6 is 0 Å². The fourth-order valence-electron chi connectivity index (χ4n) is 2.03. The van der Waals surface area contributed by atoms with Crippen LogP contribution in [0.25, 0.3) is 0 Å². The van der Waals surface area contributed by atoms with E-state index in [1.54, 1.807) is 0 Å². The first kappa shape index (κ1) is 8.06. The van der Waals surface area contributed by atoms with Gasteiger partial charge in [-0.05, 0) is 6.92 Å². The fourth-order valence-corrected chi connectivity index (χ4v) is 2.03. The molecule has 1 saturated heterocycles. The Kier molecular flexibility index (Phi) is 1.80. The molecule has 1 fully saturated rings. The second-order valence-corrected chi connectivity index (χ2v) is 4.73. The topological polar surface area (TPSA) is 0 Å². The second kappa shape index (κ2) is 2.23. The first-order chi connectivity index (χ1) is 4.47. The van der Waals surface area contributed by atoms with Gasteiger partial charge >= 0.3 is 0 Å². The van der Waals surface area contributed by atoms with E-state index < -0.39 is 0 Å². The first-order valence-electron chi connectivity index (χ1n) is 4.31. The molecule has 0 N–H and O–H groups in total. The Labute approximate surface area is 64.6 Å². The van der Waals surface area contributed by atoms with Crippen LogP contribution in [0.4, 0.5) is 0 Å². The minimum absolute atomic E-state index is 0.602. The molecular formula is C9H20N+. The Hall–Kier alpha value is -0.0400. The first-order valence-corrected chi connectivity index (χ1v) is 4.31. The van der Waals surface area contributed by atoms with Gasteiger partial charge in [0.2, 0.25) is 0 Å². The molecule has 0 aliphatic carbocycles. The normalized spacial score (nSPS) is 38.4. The van der Waals surface area contributed by atoms with Crippen LogP contribution in [0.15, 0.2) is 0 Å². The van der Waals surface area contributed by atoms with Crippen LogP contribution in [0, 0.1) is 5.41 Å². The zero-order valence-electron chi connectivity index (χ0n) is 7.78. The van der Waals surface area contributed by atoms with Gasteiger partial charge in [-0.15, -0.1) is 0 Å². The fraction of sp³-hybridized carbons (Fsp3) is 1.00. The molecule has 1 atom stereocenters. The van der Waals surface area contributed by atoms with E-state index in [4.69, 9.17) is 0 Å². The quantitative estimate of drug-likeness (QED) is 0.490.